The second kappa shape index (κ2) is 19.8. The first kappa shape index (κ1) is 42.3. The molecule has 3 amide bonds. The number of para-hydroxylation sites is 2. The minimum Gasteiger partial charge on any atom is -0.480 e. The van der Waals surface area contributed by atoms with Crippen LogP contribution >= 0.6 is 0 Å². The second-order valence-corrected chi connectivity index (χ2v) is 13.8. The maximum Gasteiger partial charge on any atom is 0.325 e. The molecule has 6 N–H and O–H groups in total. The Morgan fingerprint density at radius 2 is 0.818 bits per heavy atom. The lowest BCUT2D eigenvalue weighted by Gasteiger charge is -2.34. The number of aromatic nitrogens is 1. The molecule has 0 bridgehead atoms. The highest BCUT2D eigenvalue weighted by molar-refractivity contribution is 5.93. The van der Waals surface area contributed by atoms with Gasteiger partial charge in [-0.3, -0.25) is 53.2 Å². The molecule has 18 nitrogen and oxygen atoms in total. The highest BCUT2D eigenvalue weighted by Crippen LogP contribution is 2.20. The molecule has 1 saturated heterocycles. The summed E-state index contributed by atoms with van der Waals surface area (Å²) in [5.74, 6) is -5.10. The second-order valence-electron chi connectivity index (χ2n) is 13.8. The molecule has 0 unspecified atom stereocenters. The number of rotatable bonds is 14. The molecule has 2 aromatic carbocycles. The molecular weight excluding hydrogens is 716 g/mol. The fourth-order valence-corrected chi connectivity index (χ4v) is 6.28. The zero-order valence-electron chi connectivity index (χ0n) is 31.3. The molecule has 1 aromatic heterocycles. The van der Waals surface area contributed by atoms with Crippen molar-refractivity contribution in [3.8, 4) is 0 Å². The highest BCUT2D eigenvalue weighted by Gasteiger charge is 2.24. The van der Waals surface area contributed by atoms with E-state index in [1.165, 1.54) is 20.8 Å². The Kier molecular flexibility index (Phi) is 15.2. The third-order valence-electron chi connectivity index (χ3n) is 9.50. The number of benzene rings is 2. The fraction of sp³-hybridized carbons (Fsp3) is 0.486. The van der Waals surface area contributed by atoms with Crippen molar-refractivity contribution in [2.75, 3.05) is 72.0 Å². The van der Waals surface area contributed by atoms with E-state index < -0.39 is 53.8 Å². The van der Waals surface area contributed by atoms with E-state index in [9.17, 15) is 48.9 Å². The first-order valence-electron chi connectivity index (χ1n) is 18.1. The molecule has 0 radical (unpaired) electrons. The van der Waals surface area contributed by atoms with Crippen molar-refractivity contribution < 1.29 is 44.1 Å². The fourth-order valence-electron chi connectivity index (χ4n) is 6.28. The first-order valence-corrected chi connectivity index (χ1v) is 18.1. The van der Waals surface area contributed by atoms with Gasteiger partial charge in [0, 0.05) is 63.1 Å². The van der Waals surface area contributed by atoms with Gasteiger partial charge in [-0.25, -0.2) is 0 Å². The summed E-state index contributed by atoms with van der Waals surface area (Å²) in [4.78, 5) is 94.3. The van der Waals surface area contributed by atoms with Crippen molar-refractivity contribution in [1.29, 1.82) is 0 Å². The quantitative estimate of drug-likeness (QED) is 0.109. The number of hydrogen-bond donors (Lipinski definition) is 6. The molecule has 0 aliphatic carbocycles. The predicted molar refractivity (Wildman–Crippen MR) is 202 cm³/mol. The summed E-state index contributed by atoms with van der Waals surface area (Å²) in [6.07, 6.45) is 0. The highest BCUT2D eigenvalue weighted by atomic mass is 16.4. The van der Waals surface area contributed by atoms with Gasteiger partial charge >= 0.3 is 17.9 Å². The Morgan fingerprint density at radius 3 is 1.13 bits per heavy atom. The zero-order valence-corrected chi connectivity index (χ0v) is 31.3. The van der Waals surface area contributed by atoms with E-state index in [1.54, 1.807) is 29.2 Å². The van der Waals surface area contributed by atoms with Crippen LogP contribution in [0.1, 0.15) is 20.8 Å². The largest absolute Gasteiger partial charge is 0.480 e. The summed E-state index contributed by atoms with van der Waals surface area (Å²) in [7, 11) is 0. The Labute approximate surface area is 317 Å². The smallest absolute Gasteiger partial charge is 0.325 e. The number of nitrogens with zero attached hydrogens (tertiary/aromatic N) is 5. The van der Waals surface area contributed by atoms with Gasteiger partial charge in [-0.05, 0) is 45.0 Å². The Balaban J connectivity index is 1.67. The Morgan fingerprint density at radius 1 is 0.527 bits per heavy atom. The van der Waals surface area contributed by atoms with E-state index in [4.69, 9.17) is 0 Å². The van der Waals surface area contributed by atoms with E-state index in [-0.39, 0.29) is 51.2 Å². The van der Waals surface area contributed by atoms with Gasteiger partial charge in [-0.15, -0.1) is 0 Å². The number of pyridine rings is 1. The van der Waals surface area contributed by atoms with Crippen LogP contribution in [0.4, 0.5) is 0 Å². The van der Waals surface area contributed by atoms with Gasteiger partial charge in [-0.2, -0.15) is 0 Å². The van der Waals surface area contributed by atoms with Crippen LogP contribution in [-0.4, -0.2) is 165 Å². The number of amides is 3. The van der Waals surface area contributed by atoms with Crippen LogP contribution in [0.3, 0.4) is 0 Å². The Bertz CT molecular complexity index is 1820. The summed E-state index contributed by atoms with van der Waals surface area (Å²) >= 11 is 0. The average molecular weight is 767 g/mol. The van der Waals surface area contributed by atoms with Gasteiger partial charge in [0.25, 0.3) is 0 Å². The third kappa shape index (κ3) is 12.3. The van der Waals surface area contributed by atoms with Crippen molar-refractivity contribution in [1.82, 2.24) is 40.1 Å². The van der Waals surface area contributed by atoms with Gasteiger partial charge in [0.05, 0.1) is 37.3 Å². The van der Waals surface area contributed by atoms with Gasteiger partial charge < -0.3 is 35.8 Å². The van der Waals surface area contributed by atoms with Crippen LogP contribution in [0, 0.1) is 0 Å². The molecule has 1 aliphatic heterocycles. The van der Waals surface area contributed by atoms with Crippen molar-refractivity contribution in [3.05, 3.63) is 58.8 Å². The lowest BCUT2D eigenvalue weighted by Crippen LogP contribution is -2.52. The number of carbonyl (C=O) groups is 6. The molecule has 4 rings (SSSR count). The number of carboxylic acid groups (broad SMARTS) is 3. The number of hydrogen-bond acceptors (Lipinski definition) is 11. The molecule has 0 saturated carbocycles. The normalized spacial score (nSPS) is 17.3. The van der Waals surface area contributed by atoms with Gasteiger partial charge in [0.2, 0.25) is 17.7 Å². The molecule has 3 aromatic rings. The van der Waals surface area contributed by atoms with E-state index in [0.717, 1.165) is 11.0 Å². The lowest BCUT2D eigenvalue weighted by molar-refractivity contribution is -0.141. The number of fused-ring (bicyclic) bond motifs is 2. The zero-order chi connectivity index (χ0) is 40.2. The average Bonchev–Trinajstić information content (AvgIpc) is 3.13. The minimum atomic E-state index is -1.20. The molecular formula is C37H50N8O10. The maximum atomic E-state index is 13.4. The van der Waals surface area contributed by atoms with Crippen molar-refractivity contribution in [2.24, 2.45) is 0 Å². The van der Waals surface area contributed by atoms with Crippen LogP contribution in [0.2, 0.25) is 0 Å². The van der Waals surface area contributed by atoms with Crippen LogP contribution in [0.15, 0.2) is 53.3 Å². The monoisotopic (exact) mass is 766 g/mol. The van der Waals surface area contributed by atoms with Crippen molar-refractivity contribution in [3.63, 3.8) is 0 Å². The number of carboxylic acids is 3. The third-order valence-corrected chi connectivity index (χ3v) is 9.50. The molecule has 2 heterocycles. The van der Waals surface area contributed by atoms with Crippen LogP contribution in [0.25, 0.3) is 21.8 Å². The molecule has 18 heteroatoms. The number of aliphatic carboxylic acids is 3. The Hall–Kier alpha value is -5.43. The van der Waals surface area contributed by atoms with Crippen LogP contribution in [-0.2, 0) is 35.4 Å². The number of carbonyl (C=O) groups excluding carboxylic acids is 3. The van der Waals surface area contributed by atoms with E-state index in [0.29, 0.717) is 43.6 Å². The van der Waals surface area contributed by atoms with Gasteiger partial charge in [0.15, 0.2) is 5.43 Å². The summed E-state index contributed by atoms with van der Waals surface area (Å²) in [5.41, 5.74) is 1.36. The lowest BCUT2D eigenvalue weighted by atomic mass is 10.1. The van der Waals surface area contributed by atoms with Crippen molar-refractivity contribution >= 4 is 57.4 Å². The molecule has 1 aliphatic rings. The standard InChI is InChI=1S/C37H50N8O10/c1-24(35(50)51)38-31(46)20-41-12-14-42(21-32(47)39-25(2)36(52)53)16-18-44(19-17-43(15-13-41)22-33(48)40-26(3)37(54)55)23-45-29-10-6-4-8-27(29)34(49)28-9-5-7-11-30(28)45/h4-11,24-26H,12-23H2,1-3H3,(H,38,46)(H,39,47)(H,40,48)(H,50,51)(H,52,53)(H,54,55)/t24-,25-,26+/m0/s1. The summed E-state index contributed by atoms with van der Waals surface area (Å²) in [6, 6.07) is 11.3. The first-order chi connectivity index (χ1) is 26.1. The summed E-state index contributed by atoms with van der Waals surface area (Å²) in [6.45, 7) is 6.43. The molecule has 55 heavy (non-hydrogen) atoms. The predicted octanol–water partition coefficient (Wildman–Crippen LogP) is -0.898. The minimum absolute atomic E-state index is 0.0904. The summed E-state index contributed by atoms with van der Waals surface area (Å²) in [5, 5.41) is 36.5. The molecule has 3 atom stereocenters. The topological polar surface area (TPSA) is 234 Å². The van der Waals surface area contributed by atoms with E-state index in [2.05, 4.69) is 20.9 Å². The number of nitrogens with one attached hydrogen (secondary N) is 3. The maximum absolute atomic E-state index is 13.4. The van der Waals surface area contributed by atoms with Gasteiger partial charge in [-0.1, -0.05) is 24.3 Å². The molecule has 298 valence electrons. The van der Waals surface area contributed by atoms with Gasteiger partial charge in [0.1, 0.15) is 18.1 Å². The summed E-state index contributed by atoms with van der Waals surface area (Å²) < 4.78 is 2.05. The molecule has 0 spiro atoms. The SMILES string of the molecule is C[C@H](NC(=O)CN1CCN(CC(=O)N[C@@H](C)C(=O)O)CCN(Cn2c3ccccc3c(=O)c3ccccc32)CCN(CC(=O)N[C@H](C)C(=O)O)CC1)C(=O)O. The van der Waals surface area contributed by atoms with E-state index in [1.807, 2.05) is 38.6 Å². The van der Waals surface area contributed by atoms with Crippen LogP contribution < -0.4 is 21.4 Å². The van der Waals surface area contributed by atoms with E-state index >= 15 is 0 Å². The molecule has 1 fully saturated rings. The van der Waals surface area contributed by atoms with Crippen molar-refractivity contribution in [2.45, 2.75) is 45.6 Å². The van der Waals surface area contributed by atoms with Crippen LogP contribution in [0.5, 0.6) is 0 Å².